The topological polar surface area (TPSA) is 81.1 Å². The Morgan fingerprint density at radius 3 is 2.74 bits per heavy atom. The van der Waals surface area contributed by atoms with Crippen molar-refractivity contribution in [1.29, 1.82) is 0 Å². The standard InChI is InChI=1S/C18H23N5/c19-13-9-10-23(11-13)17-15-8-4-2-6-12-5-1-3-7-14(12)16(15)21-18(20)22-17/h1,3,5,7,13H,2,4,6,8-11,19H2,(H2,20,21,22)/t13-/m1/s1. The van der Waals surface area contributed by atoms with Gasteiger partial charge in [-0.05, 0) is 37.7 Å². The number of hydrogen-bond acceptors (Lipinski definition) is 5. The van der Waals surface area contributed by atoms with Crippen molar-refractivity contribution in [1.82, 2.24) is 9.97 Å². The molecule has 4 rings (SSSR count). The number of hydrogen-bond donors (Lipinski definition) is 2. The molecular formula is C18H23N5. The molecule has 0 unspecified atom stereocenters. The van der Waals surface area contributed by atoms with Crippen LogP contribution in [0, 0.1) is 0 Å². The van der Waals surface area contributed by atoms with Gasteiger partial charge >= 0.3 is 0 Å². The fraction of sp³-hybridized carbons (Fsp3) is 0.444. The molecule has 1 fully saturated rings. The maximum Gasteiger partial charge on any atom is 0.222 e. The molecule has 5 heteroatoms. The van der Waals surface area contributed by atoms with Gasteiger partial charge in [-0.2, -0.15) is 4.98 Å². The number of nitrogen functional groups attached to an aromatic ring is 1. The highest BCUT2D eigenvalue weighted by atomic mass is 15.2. The second-order valence-corrected chi connectivity index (χ2v) is 6.59. The molecule has 2 aliphatic rings. The van der Waals surface area contributed by atoms with E-state index >= 15 is 0 Å². The number of anilines is 2. The zero-order chi connectivity index (χ0) is 15.8. The van der Waals surface area contributed by atoms with Crippen molar-refractivity contribution in [3.63, 3.8) is 0 Å². The number of aromatic nitrogens is 2. The minimum atomic E-state index is 0.225. The molecule has 2 heterocycles. The maximum atomic E-state index is 6.09. The van der Waals surface area contributed by atoms with Gasteiger partial charge in [0.05, 0.1) is 5.69 Å². The van der Waals surface area contributed by atoms with Crippen LogP contribution in [0.15, 0.2) is 24.3 Å². The molecule has 0 amide bonds. The van der Waals surface area contributed by atoms with Gasteiger partial charge in [-0.3, -0.25) is 0 Å². The highest BCUT2D eigenvalue weighted by Gasteiger charge is 2.26. The molecule has 120 valence electrons. The van der Waals surface area contributed by atoms with Crippen LogP contribution in [0.3, 0.4) is 0 Å². The van der Waals surface area contributed by atoms with E-state index < -0.39 is 0 Å². The second kappa shape index (κ2) is 5.81. The zero-order valence-electron chi connectivity index (χ0n) is 13.3. The van der Waals surface area contributed by atoms with E-state index in [2.05, 4.69) is 39.1 Å². The molecule has 0 bridgehead atoms. The molecule has 1 saturated heterocycles. The van der Waals surface area contributed by atoms with Gasteiger partial charge in [-0.1, -0.05) is 24.3 Å². The molecule has 0 spiro atoms. The maximum absolute atomic E-state index is 6.09. The Morgan fingerprint density at radius 1 is 1.09 bits per heavy atom. The van der Waals surface area contributed by atoms with Crippen LogP contribution in [0.5, 0.6) is 0 Å². The first kappa shape index (κ1) is 14.5. The van der Waals surface area contributed by atoms with Crippen molar-refractivity contribution in [3.05, 3.63) is 35.4 Å². The fourth-order valence-electron chi connectivity index (χ4n) is 3.77. The minimum Gasteiger partial charge on any atom is -0.368 e. The predicted molar refractivity (Wildman–Crippen MR) is 93.3 cm³/mol. The van der Waals surface area contributed by atoms with E-state index in [0.717, 1.165) is 50.3 Å². The van der Waals surface area contributed by atoms with Crippen LogP contribution in [0.2, 0.25) is 0 Å². The van der Waals surface area contributed by atoms with E-state index in [9.17, 15) is 0 Å². The average molecular weight is 309 g/mol. The molecular weight excluding hydrogens is 286 g/mol. The van der Waals surface area contributed by atoms with Gasteiger partial charge in [0.25, 0.3) is 0 Å². The molecule has 1 aromatic carbocycles. The Hall–Kier alpha value is -2.14. The number of nitrogens with zero attached hydrogens (tertiary/aromatic N) is 3. The molecule has 0 radical (unpaired) electrons. The van der Waals surface area contributed by atoms with Crippen molar-refractivity contribution in [2.45, 2.75) is 38.1 Å². The van der Waals surface area contributed by atoms with Crippen molar-refractivity contribution in [3.8, 4) is 11.3 Å². The molecule has 23 heavy (non-hydrogen) atoms. The monoisotopic (exact) mass is 309 g/mol. The molecule has 1 aromatic heterocycles. The fourth-order valence-corrected chi connectivity index (χ4v) is 3.77. The molecule has 5 nitrogen and oxygen atoms in total. The Labute approximate surface area is 136 Å². The Balaban J connectivity index is 1.89. The first-order valence-corrected chi connectivity index (χ1v) is 8.47. The van der Waals surface area contributed by atoms with Crippen LogP contribution in [0.4, 0.5) is 11.8 Å². The van der Waals surface area contributed by atoms with Crippen LogP contribution in [0.1, 0.15) is 30.4 Å². The van der Waals surface area contributed by atoms with Crippen molar-refractivity contribution in [2.24, 2.45) is 5.73 Å². The lowest BCUT2D eigenvalue weighted by atomic mass is 9.91. The summed E-state index contributed by atoms with van der Waals surface area (Å²) in [7, 11) is 0. The SMILES string of the molecule is Nc1nc2c(c(N3CC[C@@H](N)C3)n1)CCCCc1ccccc1-2. The summed E-state index contributed by atoms with van der Waals surface area (Å²) in [5.41, 5.74) is 17.0. The largest absolute Gasteiger partial charge is 0.368 e. The van der Waals surface area contributed by atoms with Crippen molar-refractivity contribution < 1.29 is 0 Å². The molecule has 1 atom stereocenters. The normalized spacial score (nSPS) is 20.6. The van der Waals surface area contributed by atoms with Gasteiger partial charge in [0.1, 0.15) is 5.82 Å². The van der Waals surface area contributed by atoms with Crippen LogP contribution in [-0.2, 0) is 12.8 Å². The summed E-state index contributed by atoms with van der Waals surface area (Å²) in [5, 5.41) is 0. The van der Waals surface area contributed by atoms with Crippen LogP contribution >= 0.6 is 0 Å². The van der Waals surface area contributed by atoms with E-state index in [-0.39, 0.29) is 6.04 Å². The number of nitrogens with two attached hydrogens (primary N) is 2. The molecule has 2 aromatic rings. The summed E-state index contributed by atoms with van der Waals surface area (Å²) in [6, 6.07) is 8.77. The number of fused-ring (bicyclic) bond motifs is 3. The first-order valence-electron chi connectivity index (χ1n) is 8.47. The van der Waals surface area contributed by atoms with Crippen LogP contribution in [-0.4, -0.2) is 29.1 Å². The molecule has 4 N–H and O–H groups in total. The Bertz CT molecular complexity index is 727. The summed E-state index contributed by atoms with van der Waals surface area (Å²) in [5.74, 6) is 1.35. The van der Waals surface area contributed by atoms with E-state index in [0.29, 0.717) is 5.95 Å². The quantitative estimate of drug-likeness (QED) is 0.843. The summed E-state index contributed by atoms with van der Waals surface area (Å²) in [6.07, 6.45) is 5.46. The third-order valence-electron chi connectivity index (χ3n) is 4.92. The van der Waals surface area contributed by atoms with Gasteiger partial charge in [-0.25, -0.2) is 4.98 Å². The summed E-state index contributed by atoms with van der Waals surface area (Å²) >= 11 is 0. The Morgan fingerprint density at radius 2 is 1.91 bits per heavy atom. The van der Waals surface area contributed by atoms with Crippen LogP contribution < -0.4 is 16.4 Å². The molecule has 1 aliphatic heterocycles. The predicted octanol–water partition coefficient (Wildman–Crippen LogP) is 2.14. The lowest BCUT2D eigenvalue weighted by Crippen LogP contribution is -2.28. The van der Waals surface area contributed by atoms with Crippen molar-refractivity contribution >= 4 is 11.8 Å². The summed E-state index contributed by atoms with van der Waals surface area (Å²) in [6.45, 7) is 1.80. The van der Waals surface area contributed by atoms with Gasteiger partial charge in [0.15, 0.2) is 0 Å². The van der Waals surface area contributed by atoms with Crippen molar-refractivity contribution in [2.75, 3.05) is 23.7 Å². The van der Waals surface area contributed by atoms with Gasteiger partial charge in [0.2, 0.25) is 5.95 Å². The third kappa shape index (κ3) is 2.65. The zero-order valence-corrected chi connectivity index (χ0v) is 13.3. The summed E-state index contributed by atoms with van der Waals surface area (Å²) < 4.78 is 0. The van der Waals surface area contributed by atoms with Gasteiger partial charge in [0, 0.05) is 30.3 Å². The average Bonchev–Trinajstić information content (AvgIpc) is 2.96. The molecule has 0 saturated carbocycles. The lowest BCUT2D eigenvalue weighted by molar-refractivity contribution is 0.719. The number of rotatable bonds is 1. The van der Waals surface area contributed by atoms with Crippen LogP contribution in [0.25, 0.3) is 11.3 Å². The molecule has 1 aliphatic carbocycles. The first-order chi connectivity index (χ1) is 11.2. The van der Waals surface area contributed by atoms with Gasteiger partial charge in [-0.15, -0.1) is 0 Å². The minimum absolute atomic E-state index is 0.225. The summed E-state index contributed by atoms with van der Waals surface area (Å²) in [4.78, 5) is 11.5. The van der Waals surface area contributed by atoms with E-state index in [1.54, 1.807) is 0 Å². The Kier molecular flexibility index (Phi) is 3.65. The lowest BCUT2D eigenvalue weighted by Gasteiger charge is -2.24. The van der Waals surface area contributed by atoms with E-state index in [1.807, 2.05) is 0 Å². The number of benzene rings is 1. The smallest absolute Gasteiger partial charge is 0.222 e. The van der Waals surface area contributed by atoms with E-state index in [1.165, 1.54) is 23.1 Å². The van der Waals surface area contributed by atoms with E-state index in [4.69, 9.17) is 11.5 Å². The van der Waals surface area contributed by atoms with Gasteiger partial charge < -0.3 is 16.4 Å². The second-order valence-electron chi connectivity index (χ2n) is 6.59. The highest BCUT2D eigenvalue weighted by molar-refractivity contribution is 5.73. The highest BCUT2D eigenvalue weighted by Crippen LogP contribution is 2.36. The number of aryl methyl sites for hydroxylation is 1. The third-order valence-corrected chi connectivity index (χ3v) is 4.92.